The monoisotopic (exact) mass is 229 g/mol. The number of carbonyl (C=O) groups excluding carboxylic acids is 2. The number of ketones is 1. The van der Waals surface area contributed by atoms with Gasteiger partial charge < -0.3 is 4.90 Å². The summed E-state index contributed by atoms with van der Waals surface area (Å²) in [5, 5.41) is 0.101. The van der Waals surface area contributed by atoms with Crippen molar-refractivity contribution in [1.29, 1.82) is 0 Å². The minimum absolute atomic E-state index is 0.101. The largest absolute Gasteiger partial charge is 0.305 e. The van der Waals surface area contributed by atoms with Crippen molar-refractivity contribution in [3.05, 3.63) is 0 Å². The minimum Gasteiger partial charge on any atom is -0.305 e. The van der Waals surface area contributed by atoms with Gasteiger partial charge in [0.05, 0.1) is 5.41 Å². The molecule has 0 saturated carbocycles. The van der Waals surface area contributed by atoms with Crippen LogP contribution in [0.25, 0.3) is 0 Å². The molecule has 0 aliphatic carbocycles. The topological polar surface area (TPSA) is 37.4 Å². The molecular formula is C11H19NO2S. The van der Waals surface area contributed by atoms with E-state index in [-0.39, 0.29) is 16.3 Å². The van der Waals surface area contributed by atoms with Gasteiger partial charge in [0.25, 0.3) is 0 Å². The van der Waals surface area contributed by atoms with Crippen LogP contribution in [0.1, 0.15) is 26.7 Å². The molecule has 15 heavy (non-hydrogen) atoms. The van der Waals surface area contributed by atoms with Gasteiger partial charge >= 0.3 is 0 Å². The van der Waals surface area contributed by atoms with Gasteiger partial charge in [-0.1, -0.05) is 11.8 Å². The molecule has 1 aliphatic rings. The quantitative estimate of drug-likeness (QED) is 0.736. The first kappa shape index (κ1) is 12.7. The zero-order valence-corrected chi connectivity index (χ0v) is 10.5. The normalized spacial score (nSPS) is 27.7. The Labute approximate surface area is 95.6 Å². The number of carbonyl (C=O) groups is 2. The van der Waals surface area contributed by atoms with Crippen LogP contribution >= 0.6 is 11.8 Å². The highest BCUT2D eigenvalue weighted by atomic mass is 32.2. The molecule has 1 aliphatic heterocycles. The molecule has 4 heteroatoms. The van der Waals surface area contributed by atoms with Gasteiger partial charge in [-0.15, -0.1) is 0 Å². The molecule has 1 unspecified atom stereocenters. The van der Waals surface area contributed by atoms with E-state index in [1.165, 1.54) is 11.8 Å². The SMILES string of the molecule is CC(=O)SCC1(C(C)=O)CCCN(C)C1. The Kier molecular flexibility index (Phi) is 4.34. The lowest BCUT2D eigenvalue weighted by Crippen LogP contribution is -2.47. The van der Waals surface area contributed by atoms with Gasteiger partial charge in [-0.25, -0.2) is 0 Å². The predicted molar refractivity (Wildman–Crippen MR) is 63.0 cm³/mol. The molecule has 1 saturated heterocycles. The number of hydrogen-bond acceptors (Lipinski definition) is 4. The van der Waals surface area contributed by atoms with Crippen LogP contribution in [0.4, 0.5) is 0 Å². The van der Waals surface area contributed by atoms with E-state index in [9.17, 15) is 9.59 Å². The molecule has 1 fully saturated rings. The highest BCUT2D eigenvalue weighted by molar-refractivity contribution is 8.13. The summed E-state index contributed by atoms with van der Waals surface area (Å²) in [6, 6.07) is 0. The van der Waals surface area contributed by atoms with Crippen LogP contribution in [0.2, 0.25) is 0 Å². The van der Waals surface area contributed by atoms with Crippen molar-refractivity contribution in [2.24, 2.45) is 5.41 Å². The second-order valence-corrected chi connectivity index (χ2v) is 5.61. The van der Waals surface area contributed by atoms with Crippen molar-refractivity contribution >= 4 is 22.7 Å². The molecule has 86 valence electrons. The Bertz CT molecular complexity index is 267. The van der Waals surface area contributed by atoms with Gasteiger partial charge in [0.1, 0.15) is 5.78 Å². The summed E-state index contributed by atoms with van der Waals surface area (Å²) in [5.41, 5.74) is -0.288. The van der Waals surface area contributed by atoms with Crippen molar-refractivity contribution in [1.82, 2.24) is 4.90 Å². The number of rotatable bonds is 3. The van der Waals surface area contributed by atoms with Gasteiger partial charge in [-0.2, -0.15) is 0 Å². The Morgan fingerprint density at radius 3 is 2.53 bits per heavy atom. The molecule has 0 radical (unpaired) electrons. The first-order valence-electron chi connectivity index (χ1n) is 5.29. The average molecular weight is 229 g/mol. The highest BCUT2D eigenvalue weighted by Crippen LogP contribution is 2.34. The third kappa shape index (κ3) is 3.31. The maximum Gasteiger partial charge on any atom is 0.185 e. The summed E-state index contributed by atoms with van der Waals surface area (Å²) in [5.74, 6) is 0.866. The summed E-state index contributed by atoms with van der Waals surface area (Å²) in [4.78, 5) is 24.9. The smallest absolute Gasteiger partial charge is 0.185 e. The maximum atomic E-state index is 11.7. The summed E-state index contributed by atoms with van der Waals surface area (Å²) < 4.78 is 0. The van der Waals surface area contributed by atoms with Gasteiger partial charge in [0.15, 0.2) is 5.12 Å². The fourth-order valence-electron chi connectivity index (χ4n) is 2.11. The summed E-state index contributed by atoms with van der Waals surface area (Å²) >= 11 is 1.28. The Morgan fingerprint density at radius 1 is 1.40 bits per heavy atom. The lowest BCUT2D eigenvalue weighted by Gasteiger charge is -2.39. The van der Waals surface area contributed by atoms with E-state index in [4.69, 9.17) is 0 Å². The van der Waals surface area contributed by atoms with E-state index in [0.717, 1.165) is 25.9 Å². The highest BCUT2D eigenvalue weighted by Gasteiger charge is 2.38. The molecule has 1 heterocycles. The van der Waals surface area contributed by atoms with E-state index in [2.05, 4.69) is 4.90 Å². The zero-order valence-electron chi connectivity index (χ0n) is 9.71. The van der Waals surface area contributed by atoms with Gasteiger partial charge in [0, 0.05) is 19.2 Å². The molecule has 3 nitrogen and oxygen atoms in total. The third-order valence-corrected chi connectivity index (χ3v) is 4.17. The van der Waals surface area contributed by atoms with Crippen molar-refractivity contribution < 1.29 is 9.59 Å². The van der Waals surface area contributed by atoms with E-state index in [1.54, 1.807) is 13.8 Å². The van der Waals surface area contributed by atoms with Gasteiger partial charge in [-0.05, 0) is 33.4 Å². The fourth-order valence-corrected chi connectivity index (χ4v) is 3.03. The van der Waals surface area contributed by atoms with E-state index >= 15 is 0 Å². The number of piperidine rings is 1. The Morgan fingerprint density at radius 2 is 2.07 bits per heavy atom. The number of likely N-dealkylation sites (tertiary alicyclic amines) is 1. The van der Waals surface area contributed by atoms with E-state index in [0.29, 0.717) is 5.75 Å². The van der Waals surface area contributed by atoms with Gasteiger partial charge in [0.2, 0.25) is 0 Å². The van der Waals surface area contributed by atoms with Crippen molar-refractivity contribution in [3.63, 3.8) is 0 Å². The van der Waals surface area contributed by atoms with Crippen LogP contribution in [-0.2, 0) is 9.59 Å². The first-order valence-corrected chi connectivity index (χ1v) is 6.28. The van der Waals surface area contributed by atoms with E-state index in [1.807, 2.05) is 7.05 Å². The molecule has 0 aromatic heterocycles. The minimum atomic E-state index is -0.288. The number of nitrogens with zero attached hydrogens (tertiary/aromatic N) is 1. The van der Waals surface area contributed by atoms with Crippen LogP contribution in [0.5, 0.6) is 0 Å². The number of thioether (sulfide) groups is 1. The first-order chi connectivity index (χ1) is 6.96. The van der Waals surface area contributed by atoms with Gasteiger partial charge in [-0.3, -0.25) is 9.59 Å². The second-order valence-electron chi connectivity index (χ2n) is 4.46. The van der Waals surface area contributed by atoms with Crippen LogP contribution in [0.3, 0.4) is 0 Å². The second kappa shape index (κ2) is 5.12. The standard InChI is InChI=1S/C11H19NO2S/c1-9(13)11(8-15-10(2)14)5-4-6-12(3)7-11/h4-8H2,1-3H3. The molecule has 0 amide bonds. The van der Waals surface area contributed by atoms with Crippen molar-refractivity contribution in [2.45, 2.75) is 26.7 Å². The molecule has 1 rings (SSSR count). The third-order valence-electron chi connectivity index (χ3n) is 3.07. The molecule has 1 atom stereocenters. The molecule has 0 bridgehead atoms. The molecule has 0 aromatic carbocycles. The predicted octanol–water partition coefficient (Wildman–Crippen LogP) is 1.57. The molecule has 0 N–H and O–H groups in total. The lowest BCUT2D eigenvalue weighted by atomic mass is 9.78. The fraction of sp³-hybridized carbons (Fsp3) is 0.818. The summed E-state index contributed by atoms with van der Waals surface area (Å²) in [6.07, 6.45) is 1.97. The molecule has 0 aromatic rings. The van der Waals surface area contributed by atoms with Crippen LogP contribution in [0, 0.1) is 5.41 Å². The average Bonchev–Trinajstić information content (AvgIpc) is 2.14. The maximum absolute atomic E-state index is 11.7. The van der Waals surface area contributed by atoms with Crippen LogP contribution in [-0.4, -0.2) is 41.7 Å². The van der Waals surface area contributed by atoms with E-state index < -0.39 is 0 Å². The molecular weight excluding hydrogens is 210 g/mol. The number of hydrogen-bond donors (Lipinski definition) is 0. The Balaban J connectivity index is 2.69. The zero-order chi connectivity index (χ0) is 11.5. The number of Topliss-reactive ketones (excluding diaryl/α,β-unsaturated/α-hetero) is 1. The summed E-state index contributed by atoms with van der Waals surface area (Å²) in [7, 11) is 2.04. The Hall–Kier alpha value is -0.350. The lowest BCUT2D eigenvalue weighted by molar-refractivity contribution is -0.127. The van der Waals surface area contributed by atoms with Crippen LogP contribution in [0.15, 0.2) is 0 Å². The van der Waals surface area contributed by atoms with Crippen molar-refractivity contribution in [2.75, 3.05) is 25.9 Å². The van der Waals surface area contributed by atoms with Crippen molar-refractivity contribution in [3.8, 4) is 0 Å². The van der Waals surface area contributed by atoms with Crippen LogP contribution < -0.4 is 0 Å². The summed E-state index contributed by atoms with van der Waals surface area (Å²) in [6.45, 7) is 5.06. The molecule has 0 spiro atoms.